The Balaban J connectivity index is 1.98. The normalized spacial score (nSPS) is 51.8. The van der Waals surface area contributed by atoms with Crippen LogP contribution in [0, 0.1) is 23.7 Å². The number of allylic oxidation sites excluding steroid dienone is 2. The average Bonchev–Trinajstić information content (AvgIpc) is 2.42. The van der Waals surface area contributed by atoms with E-state index in [0.29, 0.717) is 0 Å². The highest BCUT2D eigenvalue weighted by Crippen LogP contribution is 2.49. The van der Waals surface area contributed by atoms with Crippen LogP contribution < -0.4 is 0 Å². The van der Waals surface area contributed by atoms with Gasteiger partial charge in [-0.15, -0.1) is 0 Å². The molecule has 0 amide bonds. The number of hydrogen-bond donors (Lipinski definition) is 0. The van der Waals surface area contributed by atoms with Gasteiger partial charge in [0.15, 0.2) is 0 Å². The molecule has 0 bridgehead atoms. The van der Waals surface area contributed by atoms with Gasteiger partial charge in [-0.25, -0.2) is 0 Å². The monoisotopic (exact) mass is 136 g/mol. The Bertz CT molecular complexity index is 157. The van der Waals surface area contributed by atoms with Crippen molar-refractivity contribution >= 4 is 0 Å². The topological polar surface area (TPSA) is 0 Å². The van der Waals surface area contributed by atoms with Crippen LogP contribution in [-0.4, -0.2) is 0 Å². The minimum atomic E-state index is 0.940. The van der Waals surface area contributed by atoms with Crippen molar-refractivity contribution in [2.75, 3.05) is 0 Å². The van der Waals surface area contributed by atoms with Crippen molar-refractivity contribution in [1.82, 2.24) is 0 Å². The lowest BCUT2D eigenvalue weighted by atomic mass is 9.92. The molecule has 0 aromatic rings. The Morgan fingerprint density at radius 3 is 2.30 bits per heavy atom. The van der Waals surface area contributed by atoms with E-state index in [9.17, 15) is 0 Å². The molecule has 0 N–H and O–H groups in total. The van der Waals surface area contributed by atoms with Crippen LogP contribution in [0.2, 0.25) is 0 Å². The van der Waals surface area contributed by atoms with Gasteiger partial charge in [-0.1, -0.05) is 26.0 Å². The largest absolute Gasteiger partial charge is 0.0880 e. The highest BCUT2D eigenvalue weighted by atomic mass is 14.5. The minimum Gasteiger partial charge on any atom is -0.0880 e. The average molecular weight is 136 g/mol. The van der Waals surface area contributed by atoms with Gasteiger partial charge in [0.1, 0.15) is 0 Å². The summed E-state index contributed by atoms with van der Waals surface area (Å²) in [4.78, 5) is 0. The lowest BCUT2D eigenvalue weighted by molar-refractivity contribution is 0.401. The molecular weight excluding hydrogens is 120 g/mol. The summed E-state index contributed by atoms with van der Waals surface area (Å²) in [7, 11) is 0. The second-order valence-electron chi connectivity index (χ2n) is 4.10. The molecule has 0 aromatic heterocycles. The third-order valence-corrected chi connectivity index (χ3v) is 3.19. The maximum atomic E-state index is 2.44. The van der Waals surface area contributed by atoms with Crippen molar-refractivity contribution < 1.29 is 0 Å². The van der Waals surface area contributed by atoms with E-state index in [1.165, 1.54) is 12.8 Å². The summed E-state index contributed by atoms with van der Waals surface area (Å²) in [6, 6.07) is 0. The standard InChI is InChI=1S/C10H16/c1-7-4-3-5-9(7)10-6-8(10)2/h3,5,7-10H,4,6H2,1-2H3. The summed E-state index contributed by atoms with van der Waals surface area (Å²) in [6.45, 7) is 4.76. The van der Waals surface area contributed by atoms with E-state index < -0.39 is 0 Å². The summed E-state index contributed by atoms with van der Waals surface area (Å²) < 4.78 is 0. The van der Waals surface area contributed by atoms with Crippen LogP contribution in [0.3, 0.4) is 0 Å². The van der Waals surface area contributed by atoms with E-state index in [2.05, 4.69) is 26.0 Å². The van der Waals surface area contributed by atoms with Gasteiger partial charge in [-0.3, -0.25) is 0 Å². The van der Waals surface area contributed by atoms with E-state index in [1.54, 1.807) is 0 Å². The third-order valence-electron chi connectivity index (χ3n) is 3.19. The summed E-state index contributed by atoms with van der Waals surface area (Å²) in [6.07, 6.45) is 7.62. The van der Waals surface area contributed by atoms with Gasteiger partial charge in [0.25, 0.3) is 0 Å². The molecule has 56 valence electrons. The van der Waals surface area contributed by atoms with E-state index in [-0.39, 0.29) is 0 Å². The fraction of sp³-hybridized carbons (Fsp3) is 0.800. The fourth-order valence-electron chi connectivity index (χ4n) is 2.25. The van der Waals surface area contributed by atoms with Gasteiger partial charge in [0.05, 0.1) is 0 Å². The highest BCUT2D eigenvalue weighted by Gasteiger charge is 2.41. The second kappa shape index (κ2) is 2.11. The molecule has 0 saturated heterocycles. The molecular formula is C10H16. The van der Waals surface area contributed by atoms with Gasteiger partial charge in [0, 0.05) is 0 Å². The molecule has 2 aliphatic rings. The molecule has 1 saturated carbocycles. The molecule has 0 aromatic carbocycles. The first-order chi connectivity index (χ1) is 4.79. The maximum absolute atomic E-state index is 2.44. The Kier molecular flexibility index (Phi) is 1.36. The molecule has 0 radical (unpaired) electrons. The Morgan fingerprint density at radius 1 is 1.20 bits per heavy atom. The molecule has 1 fully saturated rings. The molecule has 0 aliphatic heterocycles. The third kappa shape index (κ3) is 0.902. The predicted molar refractivity (Wildman–Crippen MR) is 43.7 cm³/mol. The maximum Gasteiger partial charge on any atom is -0.0174 e. The van der Waals surface area contributed by atoms with Gasteiger partial charge in [-0.05, 0) is 36.5 Å². The summed E-state index contributed by atoms with van der Waals surface area (Å²) in [5.41, 5.74) is 0. The predicted octanol–water partition coefficient (Wildman–Crippen LogP) is 2.85. The summed E-state index contributed by atoms with van der Waals surface area (Å²) in [5, 5.41) is 0. The van der Waals surface area contributed by atoms with Crippen LogP contribution in [0.1, 0.15) is 26.7 Å². The van der Waals surface area contributed by atoms with Crippen LogP contribution in [-0.2, 0) is 0 Å². The lowest BCUT2D eigenvalue weighted by Gasteiger charge is -2.12. The fourth-order valence-corrected chi connectivity index (χ4v) is 2.25. The number of rotatable bonds is 1. The van der Waals surface area contributed by atoms with Gasteiger partial charge >= 0.3 is 0 Å². The van der Waals surface area contributed by atoms with Crippen LogP contribution in [0.5, 0.6) is 0 Å². The molecule has 4 unspecified atom stereocenters. The van der Waals surface area contributed by atoms with Gasteiger partial charge in [0.2, 0.25) is 0 Å². The molecule has 0 spiro atoms. The van der Waals surface area contributed by atoms with Crippen LogP contribution in [0.25, 0.3) is 0 Å². The van der Waals surface area contributed by atoms with E-state index >= 15 is 0 Å². The van der Waals surface area contributed by atoms with Crippen molar-refractivity contribution in [2.45, 2.75) is 26.7 Å². The first-order valence-electron chi connectivity index (χ1n) is 4.45. The van der Waals surface area contributed by atoms with Crippen LogP contribution >= 0.6 is 0 Å². The van der Waals surface area contributed by atoms with Gasteiger partial charge < -0.3 is 0 Å². The number of hydrogen-bond acceptors (Lipinski definition) is 0. The molecule has 0 heteroatoms. The van der Waals surface area contributed by atoms with E-state index in [0.717, 1.165) is 23.7 Å². The quantitative estimate of drug-likeness (QED) is 0.486. The molecule has 10 heavy (non-hydrogen) atoms. The van der Waals surface area contributed by atoms with E-state index in [1.807, 2.05) is 0 Å². The van der Waals surface area contributed by atoms with Crippen molar-refractivity contribution in [1.29, 1.82) is 0 Å². The zero-order valence-corrected chi connectivity index (χ0v) is 6.88. The smallest absolute Gasteiger partial charge is 0.0174 e. The van der Waals surface area contributed by atoms with Crippen molar-refractivity contribution in [3.63, 3.8) is 0 Å². The van der Waals surface area contributed by atoms with E-state index in [4.69, 9.17) is 0 Å². The van der Waals surface area contributed by atoms with Crippen molar-refractivity contribution in [3.8, 4) is 0 Å². The molecule has 4 atom stereocenters. The van der Waals surface area contributed by atoms with Crippen LogP contribution in [0.15, 0.2) is 12.2 Å². The highest BCUT2D eigenvalue weighted by molar-refractivity contribution is 5.07. The zero-order chi connectivity index (χ0) is 7.14. The molecule has 2 aliphatic carbocycles. The second-order valence-corrected chi connectivity index (χ2v) is 4.10. The Labute approximate surface area is 63.3 Å². The summed E-state index contributed by atoms with van der Waals surface area (Å²) in [5.74, 6) is 3.95. The summed E-state index contributed by atoms with van der Waals surface area (Å²) >= 11 is 0. The Hall–Kier alpha value is -0.260. The zero-order valence-electron chi connectivity index (χ0n) is 6.88. The van der Waals surface area contributed by atoms with Crippen LogP contribution in [0.4, 0.5) is 0 Å². The first-order valence-corrected chi connectivity index (χ1v) is 4.45. The minimum absolute atomic E-state index is 0.940. The molecule has 0 nitrogen and oxygen atoms in total. The Morgan fingerprint density at radius 2 is 1.90 bits per heavy atom. The van der Waals surface area contributed by atoms with Crippen molar-refractivity contribution in [2.24, 2.45) is 23.7 Å². The van der Waals surface area contributed by atoms with Crippen molar-refractivity contribution in [3.05, 3.63) is 12.2 Å². The molecule has 2 rings (SSSR count). The molecule has 0 heterocycles. The first kappa shape index (κ1) is 6.45. The lowest BCUT2D eigenvalue weighted by Crippen LogP contribution is -2.06. The van der Waals surface area contributed by atoms with Gasteiger partial charge in [-0.2, -0.15) is 0 Å². The SMILES string of the molecule is CC1CC=CC1C1CC1C.